The minimum Gasteiger partial charge on any atom is -0.491 e. The van der Waals surface area contributed by atoms with Gasteiger partial charge in [0.05, 0.1) is 6.61 Å². The Bertz CT molecular complexity index is 919. The Balaban J connectivity index is 1.43. The molecule has 0 aliphatic rings. The summed E-state index contributed by atoms with van der Waals surface area (Å²) in [5.41, 5.74) is 1.21. The molecular formula is C21H19FN2O2. The molecule has 0 fully saturated rings. The van der Waals surface area contributed by atoms with Crippen LogP contribution in [-0.2, 0) is 4.79 Å². The Labute approximate surface area is 151 Å². The summed E-state index contributed by atoms with van der Waals surface area (Å²) in [6.45, 7) is 0.936. The molecule has 0 radical (unpaired) electrons. The van der Waals surface area contributed by atoms with Gasteiger partial charge in [-0.3, -0.25) is 9.78 Å². The van der Waals surface area contributed by atoms with E-state index in [4.69, 9.17) is 4.74 Å². The van der Waals surface area contributed by atoms with Crippen molar-refractivity contribution in [2.24, 2.45) is 0 Å². The predicted octanol–water partition coefficient (Wildman–Crippen LogP) is 3.97. The van der Waals surface area contributed by atoms with Crippen molar-refractivity contribution in [3.05, 3.63) is 78.3 Å². The molecule has 4 nitrogen and oxygen atoms in total. The van der Waals surface area contributed by atoms with E-state index in [0.29, 0.717) is 25.1 Å². The van der Waals surface area contributed by atoms with Gasteiger partial charge in [-0.05, 0) is 30.7 Å². The summed E-state index contributed by atoms with van der Waals surface area (Å²) in [5.74, 6) is 0.114. The molecule has 0 bridgehead atoms. The number of carbonyl (C=O) groups is 1. The average Bonchev–Trinajstić information content (AvgIpc) is 2.67. The molecule has 3 aromatic rings. The minimum absolute atomic E-state index is 0.264. The monoisotopic (exact) mass is 350 g/mol. The molecule has 3 rings (SSSR count). The van der Waals surface area contributed by atoms with Crippen LogP contribution in [0.5, 0.6) is 5.75 Å². The second-order valence-electron chi connectivity index (χ2n) is 5.68. The van der Waals surface area contributed by atoms with Crippen molar-refractivity contribution in [2.75, 3.05) is 13.2 Å². The van der Waals surface area contributed by atoms with Crippen LogP contribution in [0.3, 0.4) is 0 Å². The van der Waals surface area contributed by atoms with Crippen molar-refractivity contribution < 1.29 is 13.9 Å². The number of nitrogens with zero attached hydrogens (tertiary/aromatic N) is 1. The van der Waals surface area contributed by atoms with Gasteiger partial charge in [0, 0.05) is 29.8 Å². The third-order valence-corrected chi connectivity index (χ3v) is 3.79. The topological polar surface area (TPSA) is 51.2 Å². The van der Waals surface area contributed by atoms with Crippen LogP contribution in [0.25, 0.3) is 17.0 Å². The molecule has 1 aromatic heterocycles. The second kappa shape index (κ2) is 8.76. The van der Waals surface area contributed by atoms with E-state index in [2.05, 4.69) is 10.3 Å². The smallest absolute Gasteiger partial charge is 0.244 e. The Morgan fingerprint density at radius 3 is 2.85 bits per heavy atom. The lowest BCUT2D eigenvalue weighted by molar-refractivity contribution is -0.116. The molecule has 0 saturated heterocycles. The number of pyridine rings is 1. The highest BCUT2D eigenvalue weighted by molar-refractivity contribution is 5.91. The molecule has 5 heteroatoms. The zero-order valence-corrected chi connectivity index (χ0v) is 14.2. The maximum absolute atomic E-state index is 13.5. The standard InChI is InChI=1S/C21H19FN2O2/c22-18-9-2-1-6-16(18)11-12-20(25)23-14-5-15-26-19-10-3-7-17-8-4-13-24-21(17)19/h1-4,6-13H,5,14-15H2,(H,23,25)/b12-11+. The Kier molecular flexibility index (Phi) is 5.93. The van der Waals surface area contributed by atoms with Crippen LogP contribution in [0, 0.1) is 5.82 Å². The van der Waals surface area contributed by atoms with E-state index in [1.165, 1.54) is 18.2 Å². The molecule has 132 valence electrons. The number of nitrogens with one attached hydrogen (secondary N) is 1. The maximum atomic E-state index is 13.5. The first-order valence-electron chi connectivity index (χ1n) is 8.41. The van der Waals surface area contributed by atoms with E-state index in [0.717, 1.165) is 16.7 Å². The summed E-state index contributed by atoms with van der Waals surface area (Å²) in [7, 11) is 0. The lowest BCUT2D eigenvalue weighted by Crippen LogP contribution is -2.23. The zero-order chi connectivity index (χ0) is 18.2. The van der Waals surface area contributed by atoms with Crippen molar-refractivity contribution in [1.29, 1.82) is 0 Å². The Hall–Kier alpha value is -3.21. The van der Waals surface area contributed by atoms with Crippen LogP contribution < -0.4 is 10.1 Å². The lowest BCUT2D eigenvalue weighted by atomic mass is 10.2. The Morgan fingerprint density at radius 1 is 1.12 bits per heavy atom. The molecule has 0 spiro atoms. The highest BCUT2D eigenvalue weighted by Gasteiger charge is 2.03. The fraction of sp³-hybridized carbons (Fsp3) is 0.143. The lowest BCUT2D eigenvalue weighted by Gasteiger charge is -2.08. The van der Waals surface area contributed by atoms with E-state index in [-0.39, 0.29) is 11.7 Å². The van der Waals surface area contributed by atoms with Gasteiger partial charge in [-0.15, -0.1) is 0 Å². The fourth-order valence-corrected chi connectivity index (χ4v) is 2.49. The van der Waals surface area contributed by atoms with Crippen LogP contribution in [0.2, 0.25) is 0 Å². The van der Waals surface area contributed by atoms with E-state index in [1.807, 2.05) is 30.3 Å². The normalized spacial score (nSPS) is 11.0. The summed E-state index contributed by atoms with van der Waals surface area (Å²) >= 11 is 0. The highest BCUT2D eigenvalue weighted by Crippen LogP contribution is 2.22. The van der Waals surface area contributed by atoms with Crippen LogP contribution >= 0.6 is 0 Å². The van der Waals surface area contributed by atoms with Gasteiger partial charge < -0.3 is 10.1 Å². The van der Waals surface area contributed by atoms with Crippen LogP contribution in [0.1, 0.15) is 12.0 Å². The number of carbonyl (C=O) groups excluding carboxylic acids is 1. The SMILES string of the molecule is O=C(/C=C/c1ccccc1F)NCCCOc1cccc2cccnc12. The maximum Gasteiger partial charge on any atom is 0.244 e. The molecule has 2 aromatic carbocycles. The molecule has 0 aliphatic heterocycles. The summed E-state index contributed by atoms with van der Waals surface area (Å²) < 4.78 is 19.2. The first kappa shape index (κ1) is 17.6. The van der Waals surface area contributed by atoms with Gasteiger partial charge in [0.15, 0.2) is 0 Å². The van der Waals surface area contributed by atoms with Gasteiger partial charge in [0.2, 0.25) is 5.91 Å². The number of hydrogen-bond donors (Lipinski definition) is 1. The van der Waals surface area contributed by atoms with Gasteiger partial charge in [0.25, 0.3) is 0 Å². The van der Waals surface area contributed by atoms with Gasteiger partial charge in [-0.2, -0.15) is 0 Å². The molecule has 0 atom stereocenters. The van der Waals surface area contributed by atoms with Gasteiger partial charge >= 0.3 is 0 Å². The number of rotatable bonds is 7. The number of halogens is 1. The molecule has 0 unspecified atom stereocenters. The Morgan fingerprint density at radius 2 is 1.96 bits per heavy atom. The molecule has 1 amide bonds. The molecule has 1 N–H and O–H groups in total. The van der Waals surface area contributed by atoms with Crippen molar-refractivity contribution in [1.82, 2.24) is 10.3 Å². The average molecular weight is 350 g/mol. The van der Waals surface area contributed by atoms with E-state index < -0.39 is 0 Å². The molecular weight excluding hydrogens is 331 g/mol. The van der Waals surface area contributed by atoms with Gasteiger partial charge in [-0.25, -0.2) is 4.39 Å². The van der Waals surface area contributed by atoms with Crippen LogP contribution in [-0.4, -0.2) is 24.0 Å². The summed E-state index contributed by atoms with van der Waals surface area (Å²) in [4.78, 5) is 16.1. The number of hydrogen-bond acceptors (Lipinski definition) is 3. The quantitative estimate of drug-likeness (QED) is 0.518. The summed E-state index contributed by atoms with van der Waals surface area (Å²) in [5, 5.41) is 3.78. The minimum atomic E-state index is -0.353. The van der Waals surface area contributed by atoms with E-state index in [9.17, 15) is 9.18 Å². The van der Waals surface area contributed by atoms with E-state index >= 15 is 0 Å². The largest absolute Gasteiger partial charge is 0.491 e. The second-order valence-corrected chi connectivity index (χ2v) is 5.68. The summed E-state index contributed by atoms with van der Waals surface area (Å²) in [6.07, 6.45) is 5.18. The van der Waals surface area contributed by atoms with Crippen LogP contribution in [0.4, 0.5) is 4.39 Å². The third-order valence-electron chi connectivity index (χ3n) is 3.79. The van der Waals surface area contributed by atoms with Crippen molar-refractivity contribution >= 4 is 22.9 Å². The molecule has 0 aliphatic carbocycles. The predicted molar refractivity (Wildman–Crippen MR) is 100 cm³/mol. The van der Waals surface area contributed by atoms with Crippen LogP contribution in [0.15, 0.2) is 66.9 Å². The fourth-order valence-electron chi connectivity index (χ4n) is 2.49. The van der Waals surface area contributed by atoms with Gasteiger partial charge in [-0.1, -0.05) is 36.4 Å². The number of para-hydroxylation sites is 1. The molecule has 1 heterocycles. The highest BCUT2D eigenvalue weighted by atomic mass is 19.1. The van der Waals surface area contributed by atoms with Crippen molar-refractivity contribution in [3.63, 3.8) is 0 Å². The first-order valence-corrected chi connectivity index (χ1v) is 8.41. The third kappa shape index (κ3) is 4.66. The number of ether oxygens (including phenoxy) is 1. The molecule has 0 saturated carbocycles. The number of benzene rings is 2. The number of amides is 1. The summed E-state index contributed by atoms with van der Waals surface area (Å²) in [6, 6.07) is 16.0. The van der Waals surface area contributed by atoms with E-state index in [1.54, 1.807) is 24.4 Å². The zero-order valence-electron chi connectivity index (χ0n) is 14.2. The van der Waals surface area contributed by atoms with Crippen molar-refractivity contribution in [3.8, 4) is 5.75 Å². The number of aromatic nitrogens is 1. The van der Waals surface area contributed by atoms with Gasteiger partial charge in [0.1, 0.15) is 17.1 Å². The molecule has 26 heavy (non-hydrogen) atoms. The van der Waals surface area contributed by atoms with Crippen molar-refractivity contribution in [2.45, 2.75) is 6.42 Å². The number of fused-ring (bicyclic) bond motifs is 1. The first-order chi connectivity index (χ1) is 12.7.